The monoisotopic (exact) mass is 379 g/mol. The molecule has 146 valence electrons. The van der Waals surface area contributed by atoms with Gasteiger partial charge in [0.2, 0.25) is 5.91 Å². The molecule has 2 aliphatic heterocycles. The molecular weight excluding hydrogens is 354 g/mol. The average Bonchev–Trinajstić information content (AvgIpc) is 3.16. The van der Waals surface area contributed by atoms with Crippen LogP contribution in [0, 0.1) is 37.5 Å². The Labute approximate surface area is 164 Å². The van der Waals surface area contributed by atoms with Crippen LogP contribution in [0.15, 0.2) is 16.7 Å². The second-order valence-corrected chi connectivity index (χ2v) is 8.15. The highest BCUT2D eigenvalue weighted by molar-refractivity contribution is 5.79. The summed E-state index contributed by atoms with van der Waals surface area (Å²) in [6.45, 7) is 8.74. The molecule has 0 radical (unpaired) electrons. The fourth-order valence-electron chi connectivity index (χ4n) is 4.44. The number of pyridine rings is 1. The molecule has 0 atom stereocenters. The lowest BCUT2D eigenvalue weighted by Gasteiger charge is -2.39. The first kappa shape index (κ1) is 18.5. The van der Waals surface area contributed by atoms with E-state index in [1.165, 1.54) is 0 Å². The van der Waals surface area contributed by atoms with Crippen LogP contribution in [0.3, 0.4) is 0 Å². The summed E-state index contributed by atoms with van der Waals surface area (Å²) < 4.78 is 5.24. The van der Waals surface area contributed by atoms with E-state index in [0.717, 1.165) is 61.0 Å². The molecule has 2 aromatic rings. The Kier molecular flexibility index (Phi) is 4.58. The van der Waals surface area contributed by atoms with E-state index in [-0.39, 0.29) is 11.3 Å². The van der Waals surface area contributed by atoms with Gasteiger partial charge < -0.3 is 14.3 Å². The number of anilines is 1. The molecule has 7 heteroatoms. The molecule has 2 aromatic heterocycles. The van der Waals surface area contributed by atoms with Crippen LogP contribution >= 0.6 is 0 Å². The van der Waals surface area contributed by atoms with Gasteiger partial charge in [-0.15, -0.1) is 0 Å². The Morgan fingerprint density at radius 1 is 1.25 bits per heavy atom. The summed E-state index contributed by atoms with van der Waals surface area (Å²) in [7, 11) is 0. The highest BCUT2D eigenvalue weighted by Crippen LogP contribution is 2.42. The summed E-state index contributed by atoms with van der Waals surface area (Å²) in [5.74, 6) is 1.77. The van der Waals surface area contributed by atoms with Gasteiger partial charge in [0.15, 0.2) is 0 Å². The Morgan fingerprint density at radius 3 is 2.64 bits per heavy atom. The molecule has 7 nitrogen and oxygen atoms in total. The molecule has 28 heavy (non-hydrogen) atoms. The molecule has 0 aliphatic carbocycles. The van der Waals surface area contributed by atoms with Crippen LogP contribution in [-0.2, 0) is 11.3 Å². The summed E-state index contributed by atoms with van der Waals surface area (Å²) >= 11 is 0. The smallest absolute Gasteiger partial charge is 0.223 e. The van der Waals surface area contributed by atoms with Gasteiger partial charge in [0.05, 0.1) is 17.8 Å². The zero-order valence-corrected chi connectivity index (χ0v) is 16.7. The van der Waals surface area contributed by atoms with Crippen LogP contribution in [0.4, 0.5) is 5.82 Å². The predicted octanol–water partition coefficient (Wildman–Crippen LogP) is 2.89. The summed E-state index contributed by atoms with van der Waals surface area (Å²) in [5, 5.41) is 13.4. The molecule has 2 fully saturated rings. The topological polar surface area (TPSA) is 86.3 Å². The van der Waals surface area contributed by atoms with Crippen molar-refractivity contribution in [1.82, 2.24) is 15.0 Å². The lowest BCUT2D eigenvalue weighted by Crippen LogP contribution is -2.42. The van der Waals surface area contributed by atoms with Crippen molar-refractivity contribution in [2.75, 3.05) is 24.5 Å². The molecule has 4 heterocycles. The lowest BCUT2D eigenvalue weighted by molar-refractivity contribution is -0.128. The SMILES string of the molecule is Cc1ccc(C#N)c(N2CCC3(CC2)CC(=O)N(Cc2c(C)noc2C)C3)n1. The summed E-state index contributed by atoms with van der Waals surface area (Å²) in [6, 6.07) is 5.96. The minimum atomic E-state index is 0.0171. The van der Waals surface area contributed by atoms with Crippen molar-refractivity contribution in [3.05, 3.63) is 40.4 Å². The van der Waals surface area contributed by atoms with Crippen molar-refractivity contribution in [3.8, 4) is 6.07 Å². The number of carbonyl (C=O) groups excluding carboxylic acids is 1. The Balaban J connectivity index is 1.46. The number of amides is 1. The van der Waals surface area contributed by atoms with E-state index in [1.807, 2.05) is 37.8 Å². The standard InChI is InChI=1S/C21H25N5O2/c1-14-4-5-17(11-22)20(23-14)25-8-6-21(7-9-25)10-19(27)26(13-21)12-18-15(2)24-28-16(18)3/h4-5H,6-10,12-13H2,1-3H3. The Morgan fingerprint density at radius 2 is 2.00 bits per heavy atom. The quantitative estimate of drug-likeness (QED) is 0.815. The van der Waals surface area contributed by atoms with Crippen LogP contribution < -0.4 is 4.90 Å². The number of nitriles is 1. The van der Waals surface area contributed by atoms with Crippen molar-refractivity contribution in [1.29, 1.82) is 5.26 Å². The van der Waals surface area contributed by atoms with Gasteiger partial charge in [-0.3, -0.25) is 4.79 Å². The lowest BCUT2D eigenvalue weighted by atomic mass is 9.77. The summed E-state index contributed by atoms with van der Waals surface area (Å²) in [4.78, 5) is 21.4. The zero-order chi connectivity index (χ0) is 19.9. The van der Waals surface area contributed by atoms with Crippen LogP contribution in [-0.4, -0.2) is 40.6 Å². The minimum absolute atomic E-state index is 0.0171. The van der Waals surface area contributed by atoms with Crippen molar-refractivity contribution in [2.45, 2.75) is 46.6 Å². The maximum Gasteiger partial charge on any atom is 0.223 e. The van der Waals surface area contributed by atoms with E-state index < -0.39 is 0 Å². The molecule has 0 N–H and O–H groups in total. The van der Waals surface area contributed by atoms with Gasteiger partial charge in [0.25, 0.3) is 0 Å². The van der Waals surface area contributed by atoms with Crippen LogP contribution in [0.5, 0.6) is 0 Å². The first-order chi connectivity index (χ1) is 13.4. The van der Waals surface area contributed by atoms with Crippen molar-refractivity contribution in [3.63, 3.8) is 0 Å². The largest absolute Gasteiger partial charge is 0.361 e. The van der Waals surface area contributed by atoms with Crippen molar-refractivity contribution >= 4 is 11.7 Å². The van der Waals surface area contributed by atoms with E-state index in [9.17, 15) is 10.1 Å². The molecule has 2 aliphatic rings. The number of aryl methyl sites for hydroxylation is 3. The molecule has 1 spiro atoms. The average molecular weight is 379 g/mol. The maximum atomic E-state index is 12.7. The Bertz CT molecular complexity index is 931. The third kappa shape index (κ3) is 3.24. The van der Waals surface area contributed by atoms with Crippen LogP contribution in [0.25, 0.3) is 0 Å². The van der Waals surface area contributed by atoms with E-state index in [0.29, 0.717) is 18.5 Å². The molecule has 0 saturated carbocycles. The first-order valence-electron chi connectivity index (χ1n) is 9.73. The van der Waals surface area contributed by atoms with Crippen LogP contribution in [0.1, 0.15) is 47.5 Å². The molecule has 0 unspecified atom stereocenters. The zero-order valence-electron chi connectivity index (χ0n) is 16.7. The van der Waals surface area contributed by atoms with Gasteiger partial charge in [0, 0.05) is 42.7 Å². The Hall–Kier alpha value is -2.88. The molecule has 4 rings (SSSR count). The number of rotatable bonds is 3. The van der Waals surface area contributed by atoms with E-state index in [1.54, 1.807) is 0 Å². The normalized spacial score (nSPS) is 18.7. The molecule has 2 saturated heterocycles. The summed E-state index contributed by atoms with van der Waals surface area (Å²) in [5.41, 5.74) is 3.42. The molecule has 0 bridgehead atoms. The number of likely N-dealkylation sites (tertiary alicyclic amines) is 1. The predicted molar refractivity (Wildman–Crippen MR) is 104 cm³/mol. The second-order valence-electron chi connectivity index (χ2n) is 8.15. The maximum absolute atomic E-state index is 12.7. The highest BCUT2D eigenvalue weighted by atomic mass is 16.5. The third-order valence-corrected chi connectivity index (χ3v) is 6.19. The van der Waals surface area contributed by atoms with Gasteiger partial charge in [-0.2, -0.15) is 5.26 Å². The molecule has 1 amide bonds. The van der Waals surface area contributed by atoms with E-state index >= 15 is 0 Å². The van der Waals surface area contributed by atoms with Gasteiger partial charge in [0.1, 0.15) is 17.6 Å². The fourth-order valence-corrected chi connectivity index (χ4v) is 4.44. The summed E-state index contributed by atoms with van der Waals surface area (Å²) in [6.07, 6.45) is 2.45. The van der Waals surface area contributed by atoms with E-state index in [2.05, 4.69) is 21.1 Å². The molecule has 0 aromatic carbocycles. The van der Waals surface area contributed by atoms with Gasteiger partial charge in [-0.25, -0.2) is 4.98 Å². The van der Waals surface area contributed by atoms with Crippen molar-refractivity contribution < 1.29 is 9.32 Å². The second kappa shape index (κ2) is 6.93. The van der Waals surface area contributed by atoms with Crippen LogP contribution in [0.2, 0.25) is 0 Å². The molecular formula is C21H25N5O2. The van der Waals surface area contributed by atoms with Gasteiger partial charge in [-0.1, -0.05) is 5.16 Å². The van der Waals surface area contributed by atoms with Crippen molar-refractivity contribution in [2.24, 2.45) is 5.41 Å². The van der Waals surface area contributed by atoms with E-state index in [4.69, 9.17) is 4.52 Å². The highest BCUT2D eigenvalue weighted by Gasteiger charge is 2.45. The van der Waals surface area contributed by atoms with Gasteiger partial charge >= 0.3 is 0 Å². The number of hydrogen-bond donors (Lipinski definition) is 0. The van der Waals surface area contributed by atoms with Gasteiger partial charge in [-0.05, 0) is 45.7 Å². The fraction of sp³-hybridized carbons (Fsp3) is 0.524. The number of piperidine rings is 1. The number of aromatic nitrogens is 2. The minimum Gasteiger partial charge on any atom is -0.361 e. The number of carbonyl (C=O) groups is 1. The third-order valence-electron chi connectivity index (χ3n) is 6.19. The number of hydrogen-bond acceptors (Lipinski definition) is 6. The number of nitrogens with zero attached hydrogens (tertiary/aromatic N) is 5. The first-order valence-corrected chi connectivity index (χ1v) is 9.73.